The number of benzene rings is 3. The molecule has 9 rings (SSSR count). The third kappa shape index (κ3) is 8.89. The van der Waals surface area contributed by atoms with Crippen molar-refractivity contribution >= 4 is 52.3 Å². The summed E-state index contributed by atoms with van der Waals surface area (Å²) in [5, 5.41) is 17.5. The van der Waals surface area contributed by atoms with Gasteiger partial charge in [-0.25, -0.2) is 9.48 Å². The Labute approximate surface area is 372 Å². The Morgan fingerprint density at radius 3 is 2.25 bits per heavy atom. The van der Waals surface area contributed by atoms with E-state index >= 15 is 0 Å². The van der Waals surface area contributed by atoms with Gasteiger partial charge in [0.2, 0.25) is 11.8 Å². The lowest BCUT2D eigenvalue weighted by Gasteiger charge is -2.40. The molecule has 5 amide bonds. The van der Waals surface area contributed by atoms with Gasteiger partial charge in [0, 0.05) is 106 Å². The second kappa shape index (κ2) is 17.4. The number of piperazine rings is 1. The summed E-state index contributed by atoms with van der Waals surface area (Å²) in [6.45, 7) is 16.1. The number of aromatic nitrogens is 4. The molecule has 4 aliphatic rings. The molecular formula is C47H56N12O5. The summed E-state index contributed by atoms with van der Waals surface area (Å²) >= 11 is 0. The summed E-state index contributed by atoms with van der Waals surface area (Å²) in [5.74, 6) is 0.408. The zero-order valence-corrected chi connectivity index (χ0v) is 36.9. The number of aryl methyl sites for hydroxylation is 3. The normalized spacial score (nSPS) is 17.3. The van der Waals surface area contributed by atoms with Crippen molar-refractivity contribution in [2.45, 2.75) is 71.9 Å². The minimum atomic E-state index is -0.562. The van der Waals surface area contributed by atoms with E-state index in [0.717, 1.165) is 98.7 Å². The lowest BCUT2D eigenvalue weighted by Crippen LogP contribution is -2.49. The van der Waals surface area contributed by atoms with Gasteiger partial charge in [-0.3, -0.25) is 29.5 Å². The number of nitrogens with zero attached hydrogens (tertiary/aromatic N) is 8. The van der Waals surface area contributed by atoms with Crippen molar-refractivity contribution in [3.8, 4) is 11.3 Å². The first kappa shape index (κ1) is 42.5. The molecule has 2 aromatic heterocycles. The number of nitrogens with two attached hydrogens (primary N) is 1. The Kier molecular flexibility index (Phi) is 11.6. The van der Waals surface area contributed by atoms with Crippen molar-refractivity contribution in [1.29, 1.82) is 0 Å². The van der Waals surface area contributed by atoms with Crippen LogP contribution in [-0.2, 0) is 29.7 Å². The molecule has 0 bridgehead atoms. The fourth-order valence-corrected chi connectivity index (χ4v) is 9.14. The van der Waals surface area contributed by atoms with Crippen LogP contribution in [0.5, 0.6) is 0 Å². The van der Waals surface area contributed by atoms with Gasteiger partial charge in [-0.05, 0) is 97.3 Å². The lowest BCUT2D eigenvalue weighted by atomic mass is 9.95. The van der Waals surface area contributed by atoms with E-state index in [2.05, 4.69) is 71.1 Å². The molecule has 3 fully saturated rings. The van der Waals surface area contributed by atoms with Crippen molar-refractivity contribution in [2.75, 3.05) is 72.4 Å². The average molecular weight is 869 g/mol. The highest BCUT2D eigenvalue weighted by atomic mass is 16.5. The highest BCUT2D eigenvalue weighted by Crippen LogP contribution is 2.37. The number of anilines is 5. The van der Waals surface area contributed by atoms with Gasteiger partial charge in [0.05, 0.1) is 0 Å². The van der Waals surface area contributed by atoms with Gasteiger partial charge in [0.15, 0.2) is 0 Å². The number of primary amides is 1. The molecule has 5 aromatic rings. The number of urea groups is 1. The third-order valence-electron chi connectivity index (χ3n) is 12.9. The molecule has 5 N–H and O–H groups in total. The van der Waals surface area contributed by atoms with Gasteiger partial charge >= 0.3 is 6.03 Å². The maximum Gasteiger partial charge on any atom is 0.328 e. The number of fused-ring (bicyclic) bond motifs is 2. The summed E-state index contributed by atoms with van der Waals surface area (Å²) in [6.07, 6.45) is 3.33. The van der Waals surface area contributed by atoms with Crippen LogP contribution in [0.3, 0.4) is 0 Å². The van der Waals surface area contributed by atoms with E-state index in [9.17, 15) is 19.2 Å². The van der Waals surface area contributed by atoms with Crippen LogP contribution in [0.2, 0.25) is 0 Å². The first-order chi connectivity index (χ1) is 30.8. The van der Waals surface area contributed by atoms with Crippen LogP contribution in [-0.4, -0.2) is 101 Å². The standard InChI is InChI=1S/C47H56N12O5/c1-29-25-32(5-6-33(29)27-49-44(62)42-52-45(64-54-42)47(2,3)4)40-39(41(48)61)43-50-37-12-11-36(26-31(37)15-20-59(43)53-40)57-23-21-55(22-24-57)28-30-13-17-56(18-14-30)34-7-9-35(10-8-34)58-19-16-38(60)51-46(58)63/h5-12,25-26,30,50H,13-24,27-28H2,1-4H3,(H2,48,61)(H,49,62)(H,51,60,63). The molecule has 0 aliphatic carbocycles. The molecule has 3 saturated heterocycles. The largest absolute Gasteiger partial charge is 0.372 e. The molecule has 0 saturated carbocycles. The van der Waals surface area contributed by atoms with Crippen LogP contribution >= 0.6 is 0 Å². The number of hydrogen-bond acceptors (Lipinski definition) is 12. The van der Waals surface area contributed by atoms with E-state index in [0.29, 0.717) is 48.4 Å². The first-order valence-corrected chi connectivity index (χ1v) is 22.2. The predicted molar refractivity (Wildman–Crippen MR) is 244 cm³/mol. The summed E-state index contributed by atoms with van der Waals surface area (Å²) in [7, 11) is 0. The van der Waals surface area contributed by atoms with Crippen molar-refractivity contribution in [1.82, 2.24) is 35.5 Å². The molecule has 0 spiro atoms. The predicted octanol–water partition coefficient (Wildman–Crippen LogP) is 5.35. The Bertz CT molecular complexity index is 2580. The highest BCUT2D eigenvalue weighted by Gasteiger charge is 2.30. The number of rotatable bonds is 10. The number of piperidine rings is 1. The third-order valence-corrected chi connectivity index (χ3v) is 12.9. The SMILES string of the molecule is Cc1cc(-c2nn3c(c2C(N)=O)Nc2ccc(N4CCN(CC5CCN(c6ccc(N7CCC(=O)NC7=O)cc6)CC5)CC4)cc2CC3)ccc1CNC(=O)c1noc(C(C)(C)C)n1. The van der Waals surface area contributed by atoms with Crippen LogP contribution in [0.4, 0.5) is 33.4 Å². The van der Waals surface area contributed by atoms with Gasteiger partial charge in [0.25, 0.3) is 17.6 Å². The number of hydrogen-bond donors (Lipinski definition) is 4. The van der Waals surface area contributed by atoms with Crippen molar-refractivity contribution < 1.29 is 23.7 Å². The zero-order valence-electron chi connectivity index (χ0n) is 36.9. The average Bonchev–Trinajstić information content (AvgIpc) is 3.89. The summed E-state index contributed by atoms with van der Waals surface area (Å²) in [4.78, 5) is 63.0. The monoisotopic (exact) mass is 868 g/mol. The van der Waals surface area contributed by atoms with Gasteiger partial charge in [-0.15, -0.1) is 0 Å². The van der Waals surface area contributed by atoms with Gasteiger partial charge in [-0.2, -0.15) is 10.1 Å². The summed E-state index contributed by atoms with van der Waals surface area (Å²) in [5.41, 5.74) is 14.4. The lowest BCUT2D eigenvalue weighted by molar-refractivity contribution is -0.120. The topological polar surface area (TPSA) is 200 Å². The number of imide groups is 1. The van der Waals surface area contributed by atoms with Crippen molar-refractivity contribution in [3.63, 3.8) is 0 Å². The molecule has 0 radical (unpaired) electrons. The van der Waals surface area contributed by atoms with E-state index in [1.165, 1.54) is 11.4 Å². The minimum absolute atomic E-state index is 0.0105. The van der Waals surface area contributed by atoms with E-state index < -0.39 is 11.8 Å². The molecule has 3 aromatic carbocycles. The van der Waals surface area contributed by atoms with E-state index in [1.807, 2.05) is 62.7 Å². The smallest absolute Gasteiger partial charge is 0.328 e. The minimum Gasteiger partial charge on any atom is -0.372 e. The number of nitrogens with one attached hydrogen (secondary N) is 3. The first-order valence-electron chi connectivity index (χ1n) is 22.2. The molecule has 64 heavy (non-hydrogen) atoms. The van der Waals surface area contributed by atoms with Gasteiger partial charge < -0.3 is 30.7 Å². The Morgan fingerprint density at radius 2 is 1.56 bits per heavy atom. The molecule has 17 nitrogen and oxygen atoms in total. The molecular weight excluding hydrogens is 813 g/mol. The Balaban J connectivity index is 0.777. The van der Waals surface area contributed by atoms with Gasteiger partial charge in [-0.1, -0.05) is 38.1 Å². The van der Waals surface area contributed by atoms with Crippen molar-refractivity contribution in [2.24, 2.45) is 11.7 Å². The fourth-order valence-electron chi connectivity index (χ4n) is 9.14. The summed E-state index contributed by atoms with van der Waals surface area (Å²) in [6, 6.07) is 20.0. The van der Waals surface area contributed by atoms with Crippen LogP contribution in [0.15, 0.2) is 65.2 Å². The quantitative estimate of drug-likeness (QED) is 0.141. The molecule has 0 unspecified atom stereocenters. The number of amides is 5. The maximum absolute atomic E-state index is 13.1. The van der Waals surface area contributed by atoms with Crippen LogP contribution in [0.25, 0.3) is 11.3 Å². The maximum atomic E-state index is 13.1. The van der Waals surface area contributed by atoms with E-state index in [1.54, 1.807) is 4.90 Å². The number of carbonyl (C=O) groups is 4. The second-order valence-electron chi connectivity index (χ2n) is 18.4. The highest BCUT2D eigenvalue weighted by molar-refractivity contribution is 6.06. The van der Waals surface area contributed by atoms with Gasteiger partial charge in [0.1, 0.15) is 17.1 Å². The van der Waals surface area contributed by atoms with Crippen LogP contribution in [0.1, 0.15) is 83.6 Å². The van der Waals surface area contributed by atoms with E-state index in [-0.39, 0.29) is 29.7 Å². The number of carbonyl (C=O) groups excluding carboxylic acids is 4. The molecule has 6 heterocycles. The second-order valence-corrected chi connectivity index (χ2v) is 18.4. The van der Waals surface area contributed by atoms with Crippen LogP contribution < -0.4 is 36.4 Å². The molecule has 17 heteroatoms. The molecule has 0 atom stereocenters. The Hall–Kier alpha value is -6.75. The Morgan fingerprint density at radius 1 is 0.844 bits per heavy atom. The van der Waals surface area contributed by atoms with Crippen LogP contribution in [0, 0.1) is 12.8 Å². The molecule has 4 aliphatic heterocycles. The van der Waals surface area contributed by atoms with E-state index in [4.69, 9.17) is 15.4 Å². The fraction of sp³-hybridized carbons (Fsp3) is 0.426. The van der Waals surface area contributed by atoms with Crippen molar-refractivity contribution in [3.05, 3.63) is 94.6 Å². The summed E-state index contributed by atoms with van der Waals surface area (Å²) < 4.78 is 7.12. The molecule has 334 valence electrons. The zero-order chi connectivity index (χ0) is 44.7.